The monoisotopic (exact) mass is 322 g/mol. The molecule has 1 aliphatic rings. The van der Waals surface area contributed by atoms with Crippen LogP contribution in [0.2, 0.25) is 0 Å². The van der Waals surface area contributed by atoms with Crippen molar-refractivity contribution in [2.45, 2.75) is 33.3 Å². The molecule has 22 heavy (non-hydrogen) atoms. The molecule has 0 bridgehead atoms. The summed E-state index contributed by atoms with van der Waals surface area (Å²) in [7, 11) is 0. The third-order valence-electron chi connectivity index (χ3n) is 3.43. The maximum atomic E-state index is 13.2. The van der Waals surface area contributed by atoms with Gasteiger partial charge >= 0.3 is 5.97 Å². The van der Waals surface area contributed by atoms with E-state index in [1.54, 1.807) is 6.07 Å². The van der Waals surface area contributed by atoms with Crippen molar-refractivity contribution >= 4 is 32.7 Å². The Balaban J connectivity index is 1.57. The van der Waals surface area contributed by atoms with Gasteiger partial charge in [0.05, 0.1) is 29.7 Å². The van der Waals surface area contributed by atoms with E-state index in [2.05, 4.69) is 9.88 Å². The average Bonchev–Trinajstić information content (AvgIpc) is 2.73. The summed E-state index contributed by atoms with van der Waals surface area (Å²) in [6, 6.07) is 4.60. The van der Waals surface area contributed by atoms with E-state index < -0.39 is 0 Å². The topological polar surface area (TPSA) is 42.4 Å². The van der Waals surface area contributed by atoms with Crippen LogP contribution in [-0.4, -0.2) is 30.1 Å². The summed E-state index contributed by atoms with van der Waals surface area (Å²) in [5.41, 5.74) is 0.743. The molecule has 0 atom stereocenters. The smallest absolute Gasteiger partial charge is 0.306 e. The lowest BCUT2D eigenvalue weighted by molar-refractivity contribution is -0.152. The molecule has 0 unspecified atom stereocenters. The molecule has 0 amide bonds. The molecule has 0 aliphatic carbocycles. The third kappa shape index (κ3) is 3.38. The van der Waals surface area contributed by atoms with Crippen LogP contribution in [0.1, 0.15) is 27.2 Å². The highest BCUT2D eigenvalue weighted by atomic mass is 32.1. The fourth-order valence-electron chi connectivity index (χ4n) is 2.35. The molecular formula is C16H19FN2O2S. The number of aromatic nitrogens is 1. The van der Waals surface area contributed by atoms with Crippen LogP contribution in [0.15, 0.2) is 18.2 Å². The van der Waals surface area contributed by atoms with Gasteiger partial charge in [0.25, 0.3) is 0 Å². The van der Waals surface area contributed by atoms with E-state index in [1.807, 2.05) is 20.8 Å². The predicted molar refractivity (Wildman–Crippen MR) is 85.7 cm³/mol. The van der Waals surface area contributed by atoms with Crippen molar-refractivity contribution in [3.63, 3.8) is 0 Å². The fraction of sp³-hybridized carbons (Fsp3) is 0.500. The van der Waals surface area contributed by atoms with Crippen molar-refractivity contribution in [2.24, 2.45) is 5.41 Å². The molecular weight excluding hydrogens is 303 g/mol. The Morgan fingerprint density at radius 2 is 2.18 bits per heavy atom. The van der Waals surface area contributed by atoms with Crippen LogP contribution in [0, 0.1) is 11.2 Å². The number of anilines is 1. The van der Waals surface area contributed by atoms with Crippen molar-refractivity contribution in [1.29, 1.82) is 0 Å². The van der Waals surface area contributed by atoms with Crippen LogP contribution in [0.4, 0.5) is 9.52 Å². The van der Waals surface area contributed by atoms with Crippen molar-refractivity contribution < 1.29 is 13.9 Å². The molecule has 0 radical (unpaired) electrons. The van der Waals surface area contributed by atoms with E-state index in [-0.39, 0.29) is 23.3 Å². The van der Waals surface area contributed by atoms with E-state index in [1.165, 1.54) is 23.5 Å². The Morgan fingerprint density at radius 3 is 2.86 bits per heavy atom. The highest BCUT2D eigenvalue weighted by Crippen LogP contribution is 2.32. The zero-order chi connectivity index (χ0) is 15.9. The fourth-order valence-corrected chi connectivity index (χ4v) is 3.36. The molecule has 0 N–H and O–H groups in total. The largest absolute Gasteiger partial charge is 0.459 e. The van der Waals surface area contributed by atoms with E-state index in [0.717, 1.165) is 15.3 Å². The van der Waals surface area contributed by atoms with Crippen LogP contribution in [0.5, 0.6) is 0 Å². The standard InChI is InChI=1S/C16H19FN2O2S/c1-16(2,3)7-14(20)21-11-8-19(9-11)15-18-12-5-4-10(17)6-13(12)22-15/h4-6,11H,7-9H2,1-3H3. The van der Waals surface area contributed by atoms with Gasteiger partial charge in [0, 0.05) is 0 Å². The molecule has 1 aromatic heterocycles. The van der Waals surface area contributed by atoms with Gasteiger partial charge in [-0.1, -0.05) is 32.1 Å². The van der Waals surface area contributed by atoms with Crippen LogP contribution >= 0.6 is 11.3 Å². The normalized spacial score (nSPS) is 15.9. The molecule has 2 aromatic rings. The first kappa shape index (κ1) is 15.2. The number of esters is 1. The number of hydrogen-bond acceptors (Lipinski definition) is 5. The zero-order valence-electron chi connectivity index (χ0n) is 12.9. The molecule has 1 fully saturated rings. The minimum atomic E-state index is -0.250. The second-order valence-corrected chi connectivity index (χ2v) is 7.87. The Bertz CT molecular complexity index is 702. The molecule has 6 heteroatoms. The van der Waals surface area contributed by atoms with Gasteiger partial charge in [0.15, 0.2) is 5.13 Å². The molecule has 1 aliphatic heterocycles. The minimum absolute atomic E-state index is 0.0579. The summed E-state index contributed by atoms with van der Waals surface area (Å²) < 4.78 is 19.5. The van der Waals surface area contributed by atoms with Crippen molar-refractivity contribution in [1.82, 2.24) is 4.98 Å². The number of ether oxygens (including phenoxy) is 1. The molecule has 1 aromatic carbocycles. The number of carbonyl (C=O) groups is 1. The predicted octanol–water partition coefficient (Wildman–Crippen LogP) is 3.60. The number of rotatable bonds is 3. The van der Waals surface area contributed by atoms with Crippen LogP contribution in [0.3, 0.4) is 0 Å². The van der Waals surface area contributed by atoms with Gasteiger partial charge in [-0.25, -0.2) is 9.37 Å². The van der Waals surface area contributed by atoms with Gasteiger partial charge in [0.2, 0.25) is 0 Å². The minimum Gasteiger partial charge on any atom is -0.459 e. The Morgan fingerprint density at radius 1 is 1.45 bits per heavy atom. The summed E-state index contributed by atoms with van der Waals surface area (Å²) in [5, 5.41) is 0.851. The first-order valence-corrected chi connectivity index (χ1v) is 8.12. The van der Waals surface area contributed by atoms with Crippen LogP contribution in [-0.2, 0) is 9.53 Å². The summed E-state index contributed by atoms with van der Waals surface area (Å²) in [6.45, 7) is 7.35. The number of nitrogens with zero attached hydrogens (tertiary/aromatic N) is 2. The lowest BCUT2D eigenvalue weighted by Gasteiger charge is -2.38. The first-order valence-electron chi connectivity index (χ1n) is 7.31. The van der Waals surface area contributed by atoms with Gasteiger partial charge in [-0.3, -0.25) is 4.79 Å². The number of benzene rings is 1. The van der Waals surface area contributed by atoms with Gasteiger partial charge in [-0.2, -0.15) is 0 Å². The van der Waals surface area contributed by atoms with E-state index in [9.17, 15) is 9.18 Å². The summed E-state index contributed by atoms with van der Waals surface area (Å²) in [6.07, 6.45) is 0.350. The molecule has 118 valence electrons. The first-order chi connectivity index (χ1) is 10.3. The molecule has 1 saturated heterocycles. The van der Waals surface area contributed by atoms with Crippen molar-refractivity contribution in [3.05, 3.63) is 24.0 Å². The SMILES string of the molecule is CC(C)(C)CC(=O)OC1CN(c2nc3ccc(F)cc3s2)C1. The van der Waals surface area contributed by atoms with Gasteiger partial charge in [-0.05, 0) is 23.6 Å². The van der Waals surface area contributed by atoms with Crippen LogP contribution < -0.4 is 4.90 Å². The van der Waals surface area contributed by atoms with E-state index >= 15 is 0 Å². The Kier molecular flexibility index (Phi) is 3.80. The molecule has 2 heterocycles. The van der Waals surface area contributed by atoms with Crippen molar-refractivity contribution in [3.8, 4) is 0 Å². The zero-order valence-corrected chi connectivity index (χ0v) is 13.7. The molecule has 4 nitrogen and oxygen atoms in total. The lowest BCUT2D eigenvalue weighted by Crippen LogP contribution is -2.53. The average molecular weight is 322 g/mol. The maximum Gasteiger partial charge on any atom is 0.306 e. The van der Waals surface area contributed by atoms with Gasteiger partial charge in [-0.15, -0.1) is 0 Å². The highest BCUT2D eigenvalue weighted by Gasteiger charge is 2.32. The number of hydrogen-bond donors (Lipinski definition) is 0. The lowest BCUT2D eigenvalue weighted by atomic mass is 9.92. The number of fused-ring (bicyclic) bond motifs is 1. The quantitative estimate of drug-likeness (QED) is 0.810. The molecule has 0 saturated carbocycles. The summed E-state index contributed by atoms with van der Waals surface area (Å²) in [5.74, 6) is -0.399. The Labute approximate surface area is 132 Å². The van der Waals surface area contributed by atoms with Gasteiger partial charge < -0.3 is 9.64 Å². The van der Waals surface area contributed by atoms with E-state index in [0.29, 0.717) is 19.5 Å². The summed E-state index contributed by atoms with van der Waals surface area (Å²) in [4.78, 5) is 18.3. The van der Waals surface area contributed by atoms with Crippen molar-refractivity contribution in [2.75, 3.05) is 18.0 Å². The summed E-state index contributed by atoms with van der Waals surface area (Å²) >= 11 is 1.46. The molecule has 3 rings (SSSR count). The maximum absolute atomic E-state index is 13.2. The number of thiazole rings is 1. The Hall–Kier alpha value is -1.69. The molecule has 0 spiro atoms. The second kappa shape index (κ2) is 5.50. The number of carbonyl (C=O) groups excluding carboxylic acids is 1. The van der Waals surface area contributed by atoms with Crippen LogP contribution in [0.25, 0.3) is 10.2 Å². The second-order valence-electron chi connectivity index (χ2n) is 6.86. The third-order valence-corrected chi connectivity index (χ3v) is 4.51. The van der Waals surface area contributed by atoms with E-state index in [4.69, 9.17) is 4.74 Å². The van der Waals surface area contributed by atoms with Gasteiger partial charge in [0.1, 0.15) is 11.9 Å². The highest BCUT2D eigenvalue weighted by molar-refractivity contribution is 7.22. The number of halogens is 1.